The van der Waals surface area contributed by atoms with Crippen LogP contribution in [0, 0.1) is 5.92 Å². The first kappa shape index (κ1) is 20.8. The van der Waals surface area contributed by atoms with E-state index in [2.05, 4.69) is 0 Å². The Morgan fingerprint density at radius 1 is 1.28 bits per heavy atom. The van der Waals surface area contributed by atoms with Gasteiger partial charge in [0.15, 0.2) is 23.5 Å². The molecule has 1 aromatic carbocycles. The van der Waals surface area contributed by atoms with Crippen molar-refractivity contribution in [1.82, 2.24) is 4.57 Å². The number of ether oxygens (including phenoxy) is 2. The lowest BCUT2D eigenvalue weighted by molar-refractivity contribution is -0.153. The molecule has 1 N–H and O–H groups in total. The van der Waals surface area contributed by atoms with Crippen molar-refractivity contribution in [3.8, 4) is 22.8 Å². The first-order valence-corrected chi connectivity index (χ1v) is 8.92. The minimum Gasteiger partial charge on any atom is -0.493 e. The minimum atomic E-state index is -4.49. The molecule has 0 aliphatic carbocycles. The summed E-state index contributed by atoms with van der Waals surface area (Å²) in [6, 6.07) is 4.07. The molecule has 3 rings (SSSR count). The highest BCUT2D eigenvalue weighted by atomic mass is 19.4. The highest BCUT2D eigenvalue weighted by Gasteiger charge is 2.31. The summed E-state index contributed by atoms with van der Waals surface area (Å²) in [7, 11) is 1.31. The molecule has 0 fully saturated rings. The number of hydrogen-bond acceptors (Lipinski definition) is 4. The van der Waals surface area contributed by atoms with Gasteiger partial charge in [-0.3, -0.25) is 4.79 Å². The molecule has 156 valence electrons. The van der Waals surface area contributed by atoms with E-state index in [1.165, 1.54) is 31.5 Å². The Morgan fingerprint density at radius 2 is 1.97 bits per heavy atom. The van der Waals surface area contributed by atoms with Crippen LogP contribution in [0.3, 0.4) is 0 Å². The number of carboxylic acid groups (broad SMARTS) is 1. The van der Waals surface area contributed by atoms with Crippen LogP contribution in [0.2, 0.25) is 0 Å². The van der Waals surface area contributed by atoms with Gasteiger partial charge < -0.3 is 19.1 Å². The second-order valence-electron chi connectivity index (χ2n) is 7.23. The Morgan fingerprint density at radius 3 is 2.52 bits per heavy atom. The van der Waals surface area contributed by atoms with E-state index in [-0.39, 0.29) is 29.0 Å². The summed E-state index contributed by atoms with van der Waals surface area (Å²) in [4.78, 5) is 23.7. The number of nitrogens with zero attached hydrogens (tertiary/aromatic N) is 1. The minimum absolute atomic E-state index is 0.0379. The molecule has 1 atom stereocenters. The van der Waals surface area contributed by atoms with Crippen LogP contribution in [0.1, 0.15) is 35.8 Å². The summed E-state index contributed by atoms with van der Waals surface area (Å²) in [5.41, 5.74) is 0.798. The van der Waals surface area contributed by atoms with Gasteiger partial charge in [-0.2, -0.15) is 13.2 Å². The predicted octanol–water partition coefficient (Wildman–Crippen LogP) is 3.92. The van der Waals surface area contributed by atoms with Crippen LogP contribution in [0.5, 0.6) is 11.5 Å². The summed E-state index contributed by atoms with van der Waals surface area (Å²) >= 11 is 0. The molecule has 2 aromatic rings. The van der Waals surface area contributed by atoms with E-state index in [9.17, 15) is 27.9 Å². The van der Waals surface area contributed by atoms with Crippen molar-refractivity contribution in [3.05, 3.63) is 45.7 Å². The third-order valence-electron chi connectivity index (χ3n) is 4.92. The fourth-order valence-electron chi connectivity index (χ4n) is 3.52. The largest absolute Gasteiger partial charge is 0.493 e. The molecule has 0 amide bonds. The van der Waals surface area contributed by atoms with Gasteiger partial charge in [0.25, 0.3) is 0 Å². The van der Waals surface area contributed by atoms with Crippen LogP contribution in [0.15, 0.2) is 29.2 Å². The Balaban J connectivity index is 2.18. The molecule has 0 bridgehead atoms. The number of methoxy groups -OCH3 is 1. The second kappa shape index (κ2) is 7.46. The zero-order valence-electron chi connectivity index (χ0n) is 16.0. The molecule has 1 aromatic heterocycles. The fraction of sp³-hybridized carbons (Fsp3) is 0.400. The van der Waals surface area contributed by atoms with Crippen molar-refractivity contribution >= 4 is 5.97 Å². The van der Waals surface area contributed by atoms with Gasteiger partial charge >= 0.3 is 12.1 Å². The summed E-state index contributed by atoms with van der Waals surface area (Å²) in [6.07, 6.45) is -2.73. The summed E-state index contributed by atoms with van der Waals surface area (Å²) in [5, 5.41) is 9.29. The van der Waals surface area contributed by atoms with E-state index in [0.29, 0.717) is 23.2 Å². The van der Waals surface area contributed by atoms with Crippen molar-refractivity contribution in [1.29, 1.82) is 0 Å². The Hall–Kier alpha value is -2.97. The van der Waals surface area contributed by atoms with E-state index >= 15 is 0 Å². The molecule has 2 heterocycles. The van der Waals surface area contributed by atoms with Crippen LogP contribution in [-0.2, 0) is 6.42 Å². The van der Waals surface area contributed by atoms with Gasteiger partial charge in [0.1, 0.15) is 5.56 Å². The average molecular weight is 411 g/mol. The van der Waals surface area contributed by atoms with Crippen LogP contribution in [-0.4, -0.2) is 35.5 Å². The van der Waals surface area contributed by atoms with E-state index in [1.807, 2.05) is 13.8 Å². The molecular weight excluding hydrogens is 391 g/mol. The lowest BCUT2D eigenvalue weighted by atomic mass is 9.87. The number of rotatable bonds is 5. The molecular formula is C20H20F3NO5. The summed E-state index contributed by atoms with van der Waals surface area (Å²) in [6.45, 7) is 2.44. The van der Waals surface area contributed by atoms with Crippen LogP contribution < -0.4 is 14.9 Å². The number of hydrogen-bond donors (Lipinski definition) is 1. The number of carboxylic acids is 1. The second-order valence-corrected chi connectivity index (χ2v) is 7.23. The van der Waals surface area contributed by atoms with Crippen LogP contribution in [0.25, 0.3) is 11.3 Å². The number of fused-ring (bicyclic) bond motifs is 3. The number of benzene rings is 1. The molecule has 0 saturated carbocycles. The quantitative estimate of drug-likeness (QED) is 0.807. The van der Waals surface area contributed by atoms with E-state index in [1.54, 1.807) is 4.57 Å². The Kier molecular flexibility index (Phi) is 5.34. The molecule has 0 spiro atoms. The Bertz CT molecular complexity index is 1010. The molecule has 6 nitrogen and oxygen atoms in total. The van der Waals surface area contributed by atoms with Gasteiger partial charge in [-0.05, 0) is 30.0 Å². The number of aromatic nitrogens is 1. The van der Waals surface area contributed by atoms with Crippen molar-refractivity contribution in [2.45, 2.75) is 32.5 Å². The molecule has 0 unspecified atom stereocenters. The lowest BCUT2D eigenvalue weighted by Gasteiger charge is -2.33. The number of alkyl halides is 3. The third-order valence-corrected chi connectivity index (χ3v) is 4.92. The maximum absolute atomic E-state index is 12.6. The molecule has 9 heteroatoms. The van der Waals surface area contributed by atoms with Gasteiger partial charge in [-0.1, -0.05) is 13.8 Å². The lowest BCUT2D eigenvalue weighted by Crippen LogP contribution is -2.28. The zero-order valence-corrected chi connectivity index (χ0v) is 16.0. The summed E-state index contributed by atoms with van der Waals surface area (Å²) in [5.74, 6) is -1.18. The standard InChI is InChI=1S/C20H20F3NO5/c1-10(2)14-4-11-5-18(29-9-20(21,22)23)17(28-3)6-12(11)15-7-16(25)13(19(26)27)8-24(14)15/h5-8,10,14H,4,9H2,1-3H3,(H,26,27)/t14-/m1/s1. The molecule has 0 radical (unpaired) electrons. The van der Waals surface area contributed by atoms with Gasteiger partial charge in [-0.25, -0.2) is 4.79 Å². The first-order valence-electron chi connectivity index (χ1n) is 8.92. The molecule has 29 heavy (non-hydrogen) atoms. The SMILES string of the molecule is COc1cc2c(cc1OCC(F)(F)F)C[C@H](C(C)C)n1cc(C(=O)O)c(=O)cc1-2. The van der Waals surface area contributed by atoms with E-state index < -0.39 is 24.2 Å². The van der Waals surface area contributed by atoms with Crippen molar-refractivity contribution in [2.75, 3.05) is 13.7 Å². The van der Waals surface area contributed by atoms with E-state index in [4.69, 9.17) is 9.47 Å². The molecule has 1 aliphatic rings. The topological polar surface area (TPSA) is 77.8 Å². The summed E-state index contributed by atoms with van der Waals surface area (Å²) < 4.78 is 49.6. The van der Waals surface area contributed by atoms with Gasteiger partial charge in [0.05, 0.1) is 12.8 Å². The van der Waals surface area contributed by atoms with Gasteiger partial charge in [-0.15, -0.1) is 0 Å². The van der Waals surface area contributed by atoms with E-state index in [0.717, 1.165) is 0 Å². The number of aromatic carboxylic acids is 1. The van der Waals surface area contributed by atoms with Gasteiger partial charge in [0.2, 0.25) is 0 Å². The van der Waals surface area contributed by atoms with Crippen molar-refractivity contribution in [2.24, 2.45) is 5.92 Å². The van der Waals surface area contributed by atoms with Crippen LogP contribution >= 0.6 is 0 Å². The monoisotopic (exact) mass is 411 g/mol. The van der Waals surface area contributed by atoms with Crippen molar-refractivity contribution < 1.29 is 32.5 Å². The first-order chi connectivity index (χ1) is 13.5. The number of pyridine rings is 1. The maximum atomic E-state index is 12.6. The fourth-order valence-corrected chi connectivity index (χ4v) is 3.52. The van der Waals surface area contributed by atoms with Crippen molar-refractivity contribution in [3.63, 3.8) is 0 Å². The van der Waals surface area contributed by atoms with Gasteiger partial charge in [0, 0.05) is 23.9 Å². The highest BCUT2D eigenvalue weighted by Crippen LogP contribution is 2.43. The maximum Gasteiger partial charge on any atom is 0.422 e. The number of halogens is 3. The predicted molar refractivity (Wildman–Crippen MR) is 98.8 cm³/mol. The third kappa shape index (κ3) is 4.08. The van der Waals surface area contributed by atoms with Crippen LogP contribution in [0.4, 0.5) is 13.2 Å². The normalized spacial score (nSPS) is 15.6. The number of carbonyl (C=O) groups is 1. The molecule has 1 aliphatic heterocycles. The average Bonchev–Trinajstić information content (AvgIpc) is 2.63. The molecule has 0 saturated heterocycles. The zero-order chi connectivity index (χ0) is 21.5. The highest BCUT2D eigenvalue weighted by molar-refractivity contribution is 5.87. The Labute approximate surface area is 164 Å². The smallest absolute Gasteiger partial charge is 0.422 e.